The Kier molecular flexibility index (Phi) is 2.52. The van der Waals surface area contributed by atoms with E-state index < -0.39 is 0 Å². The second-order valence-electron chi connectivity index (χ2n) is 4.02. The van der Waals surface area contributed by atoms with E-state index in [4.69, 9.17) is 10.5 Å². The van der Waals surface area contributed by atoms with Crippen molar-refractivity contribution in [1.82, 2.24) is 4.98 Å². The molecule has 2 N–H and O–H groups in total. The summed E-state index contributed by atoms with van der Waals surface area (Å²) >= 11 is 0. The number of pyridine rings is 1. The lowest BCUT2D eigenvalue weighted by Gasteiger charge is -2.46. The average molecular weight is 192 g/mol. The highest BCUT2D eigenvalue weighted by Gasteiger charge is 2.44. The van der Waals surface area contributed by atoms with E-state index in [0.29, 0.717) is 12.5 Å². The van der Waals surface area contributed by atoms with Crippen LogP contribution in [0.2, 0.25) is 0 Å². The van der Waals surface area contributed by atoms with Crippen molar-refractivity contribution in [3.05, 3.63) is 30.1 Å². The molecule has 0 aliphatic carbocycles. The summed E-state index contributed by atoms with van der Waals surface area (Å²) < 4.78 is 5.34. The molecule has 3 heteroatoms. The summed E-state index contributed by atoms with van der Waals surface area (Å²) in [7, 11) is 0. The summed E-state index contributed by atoms with van der Waals surface area (Å²) in [6, 6.07) is 4.13. The minimum atomic E-state index is 0.137. The molecule has 0 aromatic carbocycles. The van der Waals surface area contributed by atoms with E-state index in [1.807, 2.05) is 12.4 Å². The van der Waals surface area contributed by atoms with Crippen LogP contribution in [0, 0.1) is 5.92 Å². The van der Waals surface area contributed by atoms with Gasteiger partial charge in [0.15, 0.2) is 0 Å². The van der Waals surface area contributed by atoms with E-state index in [9.17, 15) is 0 Å². The van der Waals surface area contributed by atoms with Gasteiger partial charge in [-0.15, -0.1) is 0 Å². The second-order valence-corrected chi connectivity index (χ2v) is 4.02. The van der Waals surface area contributed by atoms with Crippen molar-refractivity contribution in [3.63, 3.8) is 0 Å². The SMILES string of the molecule is CC(CN)C1(c2ccncc2)COC1. The first kappa shape index (κ1) is 9.62. The molecule has 1 aliphatic heterocycles. The van der Waals surface area contributed by atoms with Gasteiger partial charge in [-0.2, -0.15) is 0 Å². The third-order valence-corrected chi connectivity index (χ3v) is 3.27. The van der Waals surface area contributed by atoms with Gasteiger partial charge in [-0.25, -0.2) is 0 Å². The molecule has 0 radical (unpaired) electrons. The Morgan fingerprint density at radius 3 is 2.57 bits per heavy atom. The van der Waals surface area contributed by atoms with E-state index in [1.165, 1.54) is 5.56 Å². The molecule has 1 atom stereocenters. The standard InChI is InChI=1S/C11H16N2O/c1-9(6-12)11(7-14-8-11)10-2-4-13-5-3-10/h2-5,9H,6-8,12H2,1H3. The molecule has 76 valence electrons. The van der Waals surface area contributed by atoms with E-state index in [0.717, 1.165) is 13.2 Å². The number of aromatic nitrogens is 1. The number of hydrogen-bond donors (Lipinski definition) is 1. The van der Waals surface area contributed by atoms with Crippen molar-refractivity contribution in [2.45, 2.75) is 12.3 Å². The predicted octanol–water partition coefficient (Wildman–Crippen LogP) is 0.944. The van der Waals surface area contributed by atoms with Gasteiger partial charge in [0.1, 0.15) is 0 Å². The topological polar surface area (TPSA) is 48.1 Å². The van der Waals surface area contributed by atoms with Crippen LogP contribution < -0.4 is 5.73 Å². The largest absolute Gasteiger partial charge is 0.379 e. The number of hydrogen-bond acceptors (Lipinski definition) is 3. The molecule has 0 spiro atoms. The summed E-state index contributed by atoms with van der Waals surface area (Å²) in [5.41, 5.74) is 7.17. The fourth-order valence-electron chi connectivity index (χ4n) is 1.97. The zero-order valence-corrected chi connectivity index (χ0v) is 8.44. The Balaban J connectivity index is 2.29. The molecule has 2 heterocycles. The normalized spacial score (nSPS) is 21.3. The molecular weight excluding hydrogens is 176 g/mol. The van der Waals surface area contributed by atoms with Crippen LogP contribution in [0.3, 0.4) is 0 Å². The Labute approximate surface area is 84.3 Å². The highest BCUT2D eigenvalue weighted by molar-refractivity contribution is 5.27. The molecule has 0 bridgehead atoms. The molecule has 2 rings (SSSR count). The molecule has 1 aliphatic rings. The number of rotatable bonds is 3. The smallest absolute Gasteiger partial charge is 0.0588 e. The van der Waals surface area contributed by atoms with Crippen LogP contribution in [0.4, 0.5) is 0 Å². The molecule has 1 saturated heterocycles. The molecule has 1 aromatic heterocycles. The average Bonchev–Trinajstić information content (AvgIpc) is 2.17. The van der Waals surface area contributed by atoms with Crippen LogP contribution in [-0.2, 0) is 10.2 Å². The van der Waals surface area contributed by atoms with E-state index in [1.54, 1.807) is 0 Å². The summed E-state index contributed by atoms with van der Waals surface area (Å²) in [4.78, 5) is 4.03. The van der Waals surface area contributed by atoms with Crippen molar-refractivity contribution in [3.8, 4) is 0 Å². The number of nitrogens with zero attached hydrogens (tertiary/aromatic N) is 1. The highest BCUT2D eigenvalue weighted by atomic mass is 16.5. The summed E-state index contributed by atoms with van der Waals surface area (Å²) in [6.07, 6.45) is 3.66. The summed E-state index contributed by atoms with van der Waals surface area (Å²) in [5.74, 6) is 0.457. The van der Waals surface area contributed by atoms with Crippen molar-refractivity contribution in [1.29, 1.82) is 0 Å². The Morgan fingerprint density at radius 2 is 2.14 bits per heavy atom. The van der Waals surface area contributed by atoms with E-state index in [-0.39, 0.29) is 5.41 Å². The van der Waals surface area contributed by atoms with Gasteiger partial charge in [0.2, 0.25) is 0 Å². The highest BCUT2D eigenvalue weighted by Crippen LogP contribution is 2.38. The molecule has 1 aromatic rings. The maximum Gasteiger partial charge on any atom is 0.0588 e. The van der Waals surface area contributed by atoms with Gasteiger partial charge in [0.05, 0.1) is 13.2 Å². The molecule has 1 unspecified atom stereocenters. The maximum atomic E-state index is 5.73. The van der Waals surface area contributed by atoms with Gasteiger partial charge in [0.25, 0.3) is 0 Å². The van der Waals surface area contributed by atoms with Gasteiger partial charge in [0, 0.05) is 17.8 Å². The summed E-state index contributed by atoms with van der Waals surface area (Å²) in [5, 5.41) is 0. The molecule has 3 nitrogen and oxygen atoms in total. The minimum absolute atomic E-state index is 0.137. The molecule has 0 saturated carbocycles. The fraction of sp³-hybridized carbons (Fsp3) is 0.545. The second kappa shape index (κ2) is 3.67. The van der Waals surface area contributed by atoms with Gasteiger partial charge >= 0.3 is 0 Å². The van der Waals surface area contributed by atoms with Crippen LogP contribution in [0.1, 0.15) is 12.5 Å². The minimum Gasteiger partial charge on any atom is -0.379 e. The molecule has 14 heavy (non-hydrogen) atoms. The first-order valence-electron chi connectivity index (χ1n) is 4.98. The first-order valence-corrected chi connectivity index (χ1v) is 4.98. The first-order chi connectivity index (χ1) is 6.79. The van der Waals surface area contributed by atoms with Gasteiger partial charge in [-0.05, 0) is 30.2 Å². The number of nitrogens with two attached hydrogens (primary N) is 1. The zero-order chi connectivity index (χ0) is 10.0. The Bertz CT molecular complexity index is 295. The predicted molar refractivity (Wildman–Crippen MR) is 55.0 cm³/mol. The van der Waals surface area contributed by atoms with Gasteiger partial charge in [-0.1, -0.05) is 6.92 Å². The monoisotopic (exact) mass is 192 g/mol. The van der Waals surface area contributed by atoms with Crippen molar-refractivity contribution >= 4 is 0 Å². The third kappa shape index (κ3) is 1.33. The molecule has 1 fully saturated rings. The van der Waals surface area contributed by atoms with Crippen LogP contribution in [0.5, 0.6) is 0 Å². The van der Waals surface area contributed by atoms with Gasteiger partial charge in [-0.3, -0.25) is 4.98 Å². The Morgan fingerprint density at radius 1 is 1.50 bits per heavy atom. The molecule has 0 amide bonds. The lowest BCUT2D eigenvalue weighted by Crippen LogP contribution is -2.53. The van der Waals surface area contributed by atoms with Crippen LogP contribution in [-0.4, -0.2) is 24.7 Å². The van der Waals surface area contributed by atoms with Crippen LogP contribution >= 0.6 is 0 Å². The van der Waals surface area contributed by atoms with E-state index in [2.05, 4.69) is 24.0 Å². The van der Waals surface area contributed by atoms with Crippen molar-refractivity contribution in [2.75, 3.05) is 19.8 Å². The fourth-order valence-corrected chi connectivity index (χ4v) is 1.97. The van der Waals surface area contributed by atoms with Crippen LogP contribution in [0.25, 0.3) is 0 Å². The summed E-state index contributed by atoms with van der Waals surface area (Å²) in [6.45, 7) is 4.46. The molecular formula is C11H16N2O. The third-order valence-electron chi connectivity index (χ3n) is 3.27. The lowest BCUT2D eigenvalue weighted by atomic mass is 9.69. The Hall–Kier alpha value is -0.930. The number of ether oxygens (including phenoxy) is 1. The van der Waals surface area contributed by atoms with Gasteiger partial charge < -0.3 is 10.5 Å². The van der Waals surface area contributed by atoms with E-state index >= 15 is 0 Å². The quantitative estimate of drug-likeness (QED) is 0.775. The van der Waals surface area contributed by atoms with Crippen molar-refractivity contribution < 1.29 is 4.74 Å². The van der Waals surface area contributed by atoms with Crippen LogP contribution in [0.15, 0.2) is 24.5 Å². The zero-order valence-electron chi connectivity index (χ0n) is 8.44. The maximum absolute atomic E-state index is 5.73. The van der Waals surface area contributed by atoms with Crippen molar-refractivity contribution in [2.24, 2.45) is 11.7 Å². The lowest BCUT2D eigenvalue weighted by molar-refractivity contribution is -0.0854.